The SMILES string of the molecule is Cc1cccc(N2CCN(c3ccnc(NC4CC4)n3)CC2)c1. The van der Waals surface area contributed by atoms with Gasteiger partial charge in [-0.3, -0.25) is 0 Å². The number of aromatic nitrogens is 2. The molecule has 0 radical (unpaired) electrons. The Kier molecular flexibility index (Phi) is 3.77. The zero-order valence-electron chi connectivity index (χ0n) is 13.6. The second kappa shape index (κ2) is 6.07. The lowest BCUT2D eigenvalue weighted by Crippen LogP contribution is -2.46. The summed E-state index contributed by atoms with van der Waals surface area (Å²) in [5, 5.41) is 3.38. The van der Waals surface area contributed by atoms with Crippen molar-refractivity contribution < 1.29 is 0 Å². The number of rotatable bonds is 4. The van der Waals surface area contributed by atoms with E-state index in [1.54, 1.807) is 0 Å². The third-order valence-corrected chi connectivity index (χ3v) is 4.52. The number of nitrogens with one attached hydrogen (secondary N) is 1. The van der Waals surface area contributed by atoms with Crippen LogP contribution in [0.4, 0.5) is 17.5 Å². The number of hydrogen-bond donors (Lipinski definition) is 1. The maximum Gasteiger partial charge on any atom is 0.224 e. The van der Waals surface area contributed by atoms with E-state index in [2.05, 4.69) is 56.3 Å². The van der Waals surface area contributed by atoms with Crippen molar-refractivity contribution in [3.63, 3.8) is 0 Å². The Hall–Kier alpha value is -2.30. The van der Waals surface area contributed by atoms with Crippen LogP contribution in [-0.2, 0) is 0 Å². The van der Waals surface area contributed by atoms with Crippen molar-refractivity contribution in [1.29, 1.82) is 0 Å². The van der Waals surface area contributed by atoms with Crippen molar-refractivity contribution in [2.24, 2.45) is 0 Å². The number of hydrogen-bond acceptors (Lipinski definition) is 5. The average molecular weight is 309 g/mol. The van der Waals surface area contributed by atoms with Crippen molar-refractivity contribution >= 4 is 17.5 Å². The summed E-state index contributed by atoms with van der Waals surface area (Å²) in [6.45, 7) is 6.19. The molecule has 5 heteroatoms. The maximum absolute atomic E-state index is 4.67. The number of piperazine rings is 1. The topological polar surface area (TPSA) is 44.3 Å². The Morgan fingerprint density at radius 1 is 1.04 bits per heavy atom. The van der Waals surface area contributed by atoms with E-state index in [4.69, 9.17) is 0 Å². The van der Waals surface area contributed by atoms with E-state index in [1.807, 2.05) is 12.3 Å². The first-order valence-corrected chi connectivity index (χ1v) is 8.44. The highest BCUT2D eigenvalue weighted by Gasteiger charge is 2.23. The third kappa shape index (κ3) is 3.38. The molecule has 1 aromatic heterocycles. The average Bonchev–Trinajstić information content (AvgIpc) is 3.39. The fraction of sp³-hybridized carbons (Fsp3) is 0.444. The minimum Gasteiger partial charge on any atom is -0.368 e. The molecule has 2 heterocycles. The summed E-state index contributed by atoms with van der Waals surface area (Å²) in [7, 11) is 0. The van der Waals surface area contributed by atoms with Gasteiger partial charge in [0, 0.05) is 44.1 Å². The number of benzene rings is 1. The second-order valence-corrected chi connectivity index (χ2v) is 6.47. The first kappa shape index (κ1) is 14.3. The highest BCUT2D eigenvalue weighted by Crippen LogP contribution is 2.24. The van der Waals surface area contributed by atoms with Gasteiger partial charge in [-0.2, -0.15) is 4.98 Å². The molecule has 1 aliphatic heterocycles. The van der Waals surface area contributed by atoms with Gasteiger partial charge in [-0.05, 0) is 43.5 Å². The molecule has 0 atom stereocenters. The lowest BCUT2D eigenvalue weighted by Gasteiger charge is -2.36. The Morgan fingerprint density at radius 3 is 2.57 bits per heavy atom. The van der Waals surface area contributed by atoms with E-state index < -0.39 is 0 Å². The van der Waals surface area contributed by atoms with Crippen molar-refractivity contribution in [2.45, 2.75) is 25.8 Å². The fourth-order valence-electron chi connectivity index (χ4n) is 3.02. The Morgan fingerprint density at radius 2 is 1.83 bits per heavy atom. The van der Waals surface area contributed by atoms with Crippen LogP contribution in [0.2, 0.25) is 0 Å². The van der Waals surface area contributed by atoms with Crippen LogP contribution in [0.3, 0.4) is 0 Å². The molecule has 5 nitrogen and oxygen atoms in total. The molecule has 1 saturated heterocycles. The monoisotopic (exact) mass is 309 g/mol. The molecule has 1 aromatic carbocycles. The molecule has 4 rings (SSSR count). The molecule has 2 aromatic rings. The molecule has 1 aliphatic carbocycles. The minimum atomic E-state index is 0.586. The third-order valence-electron chi connectivity index (χ3n) is 4.52. The maximum atomic E-state index is 4.67. The molecule has 0 spiro atoms. The molecule has 2 aliphatic rings. The van der Waals surface area contributed by atoms with Gasteiger partial charge in [-0.1, -0.05) is 12.1 Å². The van der Waals surface area contributed by atoms with E-state index in [0.717, 1.165) is 37.9 Å². The van der Waals surface area contributed by atoms with Crippen LogP contribution in [0, 0.1) is 6.92 Å². The Labute approximate surface area is 137 Å². The van der Waals surface area contributed by atoms with Gasteiger partial charge in [0.2, 0.25) is 5.95 Å². The standard InChI is InChI=1S/C18H23N5/c1-14-3-2-4-16(13-14)22-9-11-23(12-10-22)17-7-8-19-18(21-17)20-15-5-6-15/h2-4,7-8,13,15H,5-6,9-12H2,1H3,(H,19,20,21). The molecule has 0 unspecified atom stereocenters. The summed E-state index contributed by atoms with van der Waals surface area (Å²) >= 11 is 0. The summed E-state index contributed by atoms with van der Waals surface area (Å²) in [6, 6.07) is 11.3. The van der Waals surface area contributed by atoms with Crippen molar-refractivity contribution in [3.05, 3.63) is 42.1 Å². The minimum absolute atomic E-state index is 0.586. The van der Waals surface area contributed by atoms with E-state index >= 15 is 0 Å². The van der Waals surface area contributed by atoms with Gasteiger partial charge in [0.25, 0.3) is 0 Å². The summed E-state index contributed by atoms with van der Waals surface area (Å²) in [5.41, 5.74) is 2.64. The molecule has 120 valence electrons. The van der Waals surface area contributed by atoms with Crippen LogP contribution in [0.5, 0.6) is 0 Å². The van der Waals surface area contributed by atoms with Gasteiger partial charge < -0.3 is 15.1 Å². The highest BCUT2D eigenvalue weighted by molar-refractivity contribution is 5.51. The van der Waals surface area contributed by atoms with E-state index in [-0.39, 0.29) is 0 Å². The van der Waals surface area contributed by atoms with Crippen LogP contribution >= 0.6 is 0 Å². The zero-order chi connectivity index (χ0) is 15.6. The summed E-state index contributed by atoms with van der Waals surface area (Å²) in [4.78, 5) is 13.8. The lowest BCUT2D eigenvalue weighted by molar-refractivity contribution is 0.647. The normalized spacial score (nSPS) is 18.1. The van der Waals surface area contributed by atoms with Crippen molar-refractivity contribution in [2.75, 3.05) is 41.3 Å². The van der Waals surface area contributed by atoms with Crippen LogP contribution in [0.15, 0.2) is 36.5 Å². The second-order valence-electron chi connectivity index (χ2n) is 6.47. The smallest absolute Gasteiger partial charge is 0.224 e. The number of aryl methyl sites for hydroxylation is 1. The van der Waals surface area contributed by atoms with Crippen LogP contribution in [-0.4, -0.2) is 42.2 Å². The highest BCUT2D eigenvalue weighted by atomic mass is 15.3. The lowest BCUT2D eigenvalue weighted by atomic mass is 10.2. The predicted octanol–water partition coefficient (Wildman–Crippen LogP) is 2.69. The van der Waals surface area contributed by atoms with Gasteiger partial charge in [0.05, 0.1) is 0 Å². The molecule has 0 bridgehead atoms. The van der Waals surface area contributed by atoms with Crippen molar-refractivity contribution in [1.82, 2.24) is 9.97 Å². The molecule has 0 amide bonds. The molecule has 23 heavy (non-hydrogen) atoms. The van der Waals surface area contributed by atoms with Gasteiger partial charge in [0.15, 0.2) is 0 Å². The number of anilines is 3. The first-order chi connectivity index (χ1) is 11.3. The molecular weight excluding hydrogens is 286 g/mol. The zero-order valence-corrected chi connectivity index (χ0v) is 13.6. The molecule has 1 saturated carbocycles. The van der Waals surface area contributed by atoms with Gasteiger partial charge >= 0.3 is 0 Å². The fourth-order valence-corrected chi connectivity index (χ4v) is 3.02. The first-order valence-electron chi connectivity index (χ1n) is 8.44. The molecular formula is C18H23N5. The van der Waals surface area contributed by atoms with Crippen molar-refractivity contribution in [3.8, 4) is 0 Å². The van der Waals surface area contributed by atoms with Crippen LogP contribution < -0.4 is 15.1 Å². The molecule has 2 fully saturated rings. The van der Waals surface area contributed by atoms with Gasteiger partial charge in [-0.15, -0.1) is 0 Å². The van der Waals surface area contributed by atoms with E-state index in [9.17, 15) is 0 Å². The summed E-state index contributed by atoms with van der Waals surface area (Å²) in [5.74, 6) is 1.80. The Balaban J connectivity index is 1.41. The number of nitrogens with zero attached hydrogens (tertiary/aromatic N) is 4. The molecule has 1 N–H and O–H groups in total. The quantitative estimate of drug-likeness (QED) is 0.941. The van der Waals surface area contributed by atoms with Gasteiger partial charge in [0.1, 0.15) is 5.82 Å². The van der Waals surface area contributed by atoms with E-state index in [1.165, 1.54) is 24.1 Å². The summed E-state index contributed by atoms with van der Waals surface area (Å²) in [6.07, 6.45) is 4.34. The predicted molar refractivity (Wildman–Crippen MR) is 94.3 cm³/mol. The van der Waals surface area contributed by atoms with Gasteiger partial charge in [-0.25, -0.2) is 4.98 Å². The summed E-state index contributed by atoms with van der Waals surface area (Å²) < 4.78 is 0. The largest absolute Gasteiger partial charge is 0.368 e. The van der Waals surface area contributed by atoms with E-state index in [0.29, 0.717) is 6.04 Å². The van der Waals surface area contributed by atoms with Crippen LogP contribution in [0.25, 0.3) is 0 Å². The Bertz CT molecular complexity index is 675. The van der Waals surface area contributed by atoms with Crippen LogP contribution in [0.1, 0.15) is 18.4 Å².